The number of benzene rings is 2. The summed E-state index contributed by atoms with van der Waals surface area (Å²) in [5.41, 5.74) is 6.47. The average Bonchev–Trinajstić information content (AvgIpc) is 2.70. The molecule has 1 aliphatic heterocycles. The molecular formula is C15H11FN2O3. The monoisotopic (exact) mass is 286 g/mol. The quantitative estimate of drug-likeness (QED) is 0.652. The van der Waals surface area contributed by atoms with E-state index in [0.717, 1.165) is 11.0 Å². The van der Waals surface area contributed by atoms with Gasteiger partial charge >= 0.3 is 0 Å². The Morgan fingerprint density at radius 3 is 2.52 bits per heavy atom. The van der Waals surface area contributed by atoms with Gasteiger partial charge in [-0.1, -0.05) is 18.2 Å². The molecule has 0 bridgehead atoms. The summed E-state index contributed by atoms with van der Waals surface area (Å²) in [6.45, 7) is -0.213. The number of imide groups is 1. The van der Waals surface area contributed by atoms with Gasteiger partial charge in [0.2, 0.25) is 0 Å². The molecule has 0 saturated carbocycles. The summed E-state index contributed by atoms with van der Waals surface area (Å²) >= 11 is 0. The fourth-order valence-corrected chi connectivity index (χ4v) is 2.36. The van der Waals surface area contributed by atoms with Gasteiger partial charge in [0, 0.05) is 11.3 Å². The number of hydrogen-bond donors (Lipinski definition) is 2. The van der Waals surface area contributed by atoms with Crippen LogP contribution in [0.2, 0.25) is 0 Å². The molecule has 2 amide bonds. The largest absolute Gasteiger partial charge is 0.505 e. The van der Waals surface area contributed by atoms with E-state index in [1.165, 1.54) is 24.3 Å². The Hall–Kier alpha value is -2.89. The van der Waals surface area contributed by atoms with Crippen molar-refractivity contribution in [2.75, 3.05) is 5.73 Å². The van der Waals surface area contributed by atoms with E-state index in [-0.39, 0.29) is 28.9 Å². The van der Waals surface area contributed by atoms with Gasteiger partial charge in [-0.05, 0) is 18.2 Å². The molecule has 3 N–H and O–H groups in total. The van der Waals surface area contributed by atoms with Crippen molar-refractivity contribution in [3.8, 4) is 5.75 Å². The molecule has 5 nitrogen and oxygen atoms in total. The van der Waals surface area contributed by atoms with Gasteiger partial charge in [0.1, 0.15) is 0 Å². The predicted octanol–water partition coefficient (Wildman–Crippen LogP) is 1.91. The number of phenolic OH excluding ortho intramolecular Hbond substituents is 1. The summed E-state index contributed by atoms with van der Waals surface area (Å²) in [5, 5.41) is 9.65. The van der Waals surface area contributed by atoms with E-state index in [1.54, 1.807) is 6.07 Å². The lowest BCUT2D eigenvalue weighted by Crippen LogP contribution is -2.29. The standard InChI is InChI=1S/C15H11FN2O3/c16-10-5-1-3-8(13(10)19)7-18-14(20)9-4-2-6-11(17)12(9)15(18)21/h1-6,19H,7,17H2. The second-order valence-electron chi connectivity index (χ2n) is 4.71. The van der Waals surface area contributed by atoms with Crippen molar-refractivity contribution < 1.29 is 19.1 Å². The summed E-state index contributed by atoms with van der Waals surface area (Å²) < 4.78 is 13.3. The van der Waals surface area contributed by atoms with E-state index in [1.807, 2.05) is 0 Å². The SMILES string of the molecule is Nc1cccc2c1C(=O)N(Cc1cccc(F)c1O)C2=O. The van der Waals surface area contributed by atoms with Crippen molar-refractivity contribution >= 4 is 17.5 Å². The number of para-hydroxylation sites is 1. The summed E-state index contributed by atoms with van der Waals surface area (Å²) in [6, 6.07) is 8.58. The first-order chi connectivity index (χ1) is 10.0. The van der Waals surface area contributed by atoms with Crippen molar-refractivity contribution in [1.29, 1.82) is 0 Å². The van der Waals surface area contributed by atoms with Crippen LogP contribution in [0.25, 0.3) is 0 Å². The maximum atomic E-state index is 13.3. The molecule has 106 valence electrons. The minimum absolute atomic E-state index is 0.151. The number of anilines is 1. The topological polar surface area (TPSA) is 83.6 Å². The highest BCUT2D eigenvalue weighted by molar-refractivity contribution is 6.23. The average molecular weight is 286 g/mol. The zero-order chi connectivity index (χ0) is 15.1. The molecular weight excluding hydrogens is 275 g/mol. The summed E-state index contributed by atoms with van der Waals surface area (Å²) in [6.07, 6.45) is 0. The van der Waals surface area contributed by atoms with Crippen molar-refractivity contribution in [2.45, 2.75) is 6.54 Å². The van der Waals surface area contributed by atoms with E-state index in [4.69, 9.17) is 5.73 Å². The Balaban J connectivity index is 1.99. The van der Waals surface area contributed by atoms with Gasteiger partial charge in [0.25, 0.3) is 11.8 Å². The fraction of sp³-hybridized carbons (Fsp3) is 0.0667. The summed E-state index contributed by atoms with van der Waals surface area (Å²) in [5.74, 6) is -2.42. The number of carbonyl (C=O) groups is 2. The lowest BCUT2D eigenvalue weighted by atomic mass is 10.1. The molecule has 6 heteroatoms. The van der Waals surface area contributed by atoms with E-state index in [9.17, 15) is 19.1 Å². The van der Waals surface area contributed by atoms with E-state index in [0.29, 0.717) is 0 Å². The molecule has 0 radical (unpaired) electrons. The maximum Gasteiger partial charge on any atom is 0.263 e. The number of nitrogens with two attached hydrogens (primary N) is 1. The lowest BCUT2D eigenvalue weighted by molar-refractivity contribution is 0.0641. The molecule has 3 rings (SSSR count). The highest BCUT2D eigenvalue weighted by Gasteiger charge is 2.37. The molecule has 0 atom stereocenters. The van der Waals surface area contributed by atoms with E-state index < -0.39 is 23.4 Å². The van der Waals surface area contributed by atoms with Crippen LogP contribution in [0.15, 0.2) is 36.4 Å². The Bertz CT molecular complexity index is 774. The van der Waals surface area contributed by atoms with E-state index >= 15 is 0 Å². The van der Waals surface area contributed by atoms with Crippen LogP contribution in [-0.4, -0.2) is 21.8 Å². The van der Waals surface area contributed by atoms with Crippen molar-refractivity contribution in [3.05, 3.63) is 58.9 Å². The Labute approximate surface area is 119 Å². The number of amides is 2. The highest BCUT2D eigenvalue weighted by Crippen LogP contribution is 2.30. The molecule has 1 heterocycles. The second-order valence-corrected chi connectivity index (χ2v) is 4.71. The molecule has 0 unspecified atom stereocenters. The second kappa shape index (κ2) is 4.59. The predicted molar refractivity (Wildman–Crippen MR) is 73.1 cm³/mol. The number of hydrogen-bond acceptors (Lipinski definition) is 4. The first-order valence-electron chi connectivity index (χ1n) is 6.21. The molecule has 2 aromatic carbocycles. The van der Waals surface area contributed by atoms with Crippen LogP contribution in [0.4, 0.5) is 10.1 Å². The van der Waals surface area contributed by atoms with Crippen molar-refractivity contribution in [3.63, 3.8) is 0 Å². The Morgan fingerprint density at radius 2 is 1.81 bits per heavy atom. The van der Waals surface area contributed by atoms with Gasteiger partial charge in [0.05, 0.1) is 17.7 Å². The molecule has 0 spiro atoms. The number of nitrogens with zero attached hydrogens (tertiary/aromatic N) is 1. The summed E-state index contributed by atoms with van der Waals surface area (Å²) in [4.78, 5) is 25.5. The third-order valence-electron chi connectivity index (χ3n) is 3.43. The fourth-order valence-electron chi connectivity index (χ4n) is 2.36. The number of phenols is 1. The van der Waals surface area contributed by atoms with Crippen LogP contribution in [0.1, 0.15) is 26.3 Å². The lowest BCUT2D eigenvalue weighted by Gasteiger charge is -2.15. The highest BCUT2D eigenvalue weighted by atomic mass is 19.1. The first-order valence-corrected chi connectivity index (χ1v) is 6.21. The number of carbonyl (C=O) groups excluding carboxylic acids is 2. The number of halogens is 1. The van der Waals surface area contributed by atoms with Gasteiger partial charge in [-0.25, -0.2) is 4.39 Å². The normalized spacial score (nSPS) is 13.7. The van der Waals surface area contributed by atoms with E-state index in [2.05, 4.69) is 0 Å². The molecule has 1 aliphatic rings. The molecule has 0 aromatic heterocycles. The van der Waals surface area contributed by atoms with Gasteiger partial charge in [-0.3, -0.25) is 14.5 Å². The van der Waals surface area contributed by atoms with Crippen LogP contribution >= 0.6 is 0 Å². The molecule has 2 aromatic rings. The Kier molecular flexibility index (Phi) is 2.86. The molecule has 21 heavy (non-hydrogen) atoms. The number of fused-ring (bicyclic) bond motifs is 1. The van der Waals surface area contributed by atoms with Gasteiger partial charge < -0.3 is 10.8 Å². The van der Waals surface area contributed by atoms with Crippen LogP contribution in [0, 0.1) is 5.82 Å². The third-order valence-corrected chi connectivity index (χ3v) is 3.43. The van der Waals surface area contributed by atoms with Crippen LogP contribution in [0.5, 0.6) is 5.75 Å². The maximum absolute atomic E-state index is 13.3. The van der Waals surface area contributed by atoms with Crippen LogP contribution in [0.3, 0.4) is 0 Å². The molecule has 0 fully saturated rings. The molecule has 0 saturated heterocycles. The van der Waals surface area contributed by atoms with Gasteiger partial charge in [-0.2, -0.15) is 0 Å². The van der Waals surface area contributed by atoms with Crippen LogP contribution in [-0.2, 0) is 6.54 Å². The smallest absolute Gasteiger partial charge is 0.263 e. The number of rotatable bonds is 2. The number of nitrogen functional groups attached to an aromatic ring is 1. The summed E-state index contributed by atoms with van der Waals surface area (Å²) in [7, 11) is 0. The third kappa shape index (κ3) is 1.92. The van der Waals surface area contributed by atoms with Crippen molar-refractivity contribution in [1.82, 2.24) is 4.90 Å². The minimum atomic E-state index is -0.802. The zero-order valence-corrected chi connectivity index (χ0v) is 10.8. The zero-order valence-electron chi connectivity index (χ0n) is 10.8. The minimum Gasteiger partial charge on any atom is -0.505 e. The van der Waals surface area contributed by atoms with Crippen molar-refractivity contribution in [2.24, 2.45) is 0 Å². The van der Waals surface area contributed by atoms with Gasteiger partial charge in [-0.15, -0.1) is 0 Å². The Morgan fingerprint density at radius 1 is 1.10 bits per heavy atom. The van der Waals surface area contributed by atoms with Crippen LogP contribution < -0.4 is 5.73 Å². The molecule has 0 aliphatic carbocycles. The van der Waals surface area contributed by atoms with Gasteiger partial charge in [0.15, 0.2) is 11.6 Å². The first kappa shape index (κ1) is 13.1. The number of aromatic hydroxyl groups is 1.